The van der Waals surface area contributed by atoms with Crippen molar-refractivity contribution in [2.45, 2.75) is 32.9 Å². The minimum absolute atomic E-state index is 0.161. The summed E-state index contributed by atoms with van der Waals surface area (Å²) in [6.45, 7) is 5.90. The van der Waals surface area contributed by atoms with E-state index >= 15 is 0 Å². The molecule has 0 bridgehead atoms. The second kappa shape index (κ2) is 7.48. The minimum Gasteiger partial charge on any atom is -0.493 e. The lowest BCUT2D eigenvalue weighted by Crippen LogP contribution is -2.26. The number of aryl methyl sites for hydroxylation is 1. The summed E-state index contributed by atoms with van der Waals surface area (Å²) >= 11 is 5.95. The summed E-state index contributed by atoms with van der Waals surface area (Å²) in [6, 6.07) is 8.13. The van der Waals surface area contributed by atoms with Crippen molar-refractivity contribution in [2.75, 3.05) is 13.7 Å². The molecule has 2 aromatic rings. The summed E-state index contributed by atoms with van der Waals surface area (Å²) in [5, 5.41) is 8.68. The van der Waals surface area contributed by atoms with E-state index in [-0.39, 0.29) is 6.04 Å². The van der Waals surface area contributed by atoms with Gasteiger partial charge in [0.25, 0.3) is 0 Å². The standard InChI is InChI=1S/C16H22ClN3O/c1-4-18-14(10-12-6-8-13(17)9-7-12)16-15(21-3)11-19-20(16)5-2/h6-9,11,14,18H,4-5,10H2,1-3H3. The maximum Gasteiger partial charge on any atom is 0.161 e. The van der Waals surface area contributed by atoms with E-state index in [1.807, 2.05) is 16.8 Å². The van der Waals surface area contributed by atoms with E-state index in [0.717, 1.165) is 36.0 Å². The molecule has 0 saturated carbocycles. The smallest absolute Gasteiger partial charge is 0.161 e. The molecule has 0 saturated heterocycles. The summed E-state index contributed by atoms with van der Waals surface area (Å²) in [5.41, 5.74) is 2.33. The Morgan fingerprint density at radius 3 is 2.57 bits per heavy atom. The van der Waals surface area contributed by atoms with Gasteiger partial charge in [-0.15, -0.1) is 0 Å². The fourth-order valence-electron chi connectivity index (χ4n) is 2.51. The van der Waals surface area contributed by atoms with Gasteiger partial charge >= 0.3 is 0 Å². The number of methoxy groups -OCH3 is 1. The molecule has 0 radical (unpaired) electrons. The molecule has 114 valence electrons. The number of ether oxygens (including phenoxy) is 1. The molecule has 0 aliphatic carbocycles. The van der Waals surface area contributed by atoms with Crippen molar-refractivity contribution in [3.63, 3.8) is 0 Å². The van der Waals surface area contributed by atoms with Crippen molar-refractivity contribution in [2.24, 2.45) is 0 Å². The van der Waals surface area contributed by atoms with Crippen LogP contribution in [-0.4, -0.2) is 23.4 Å². The second-order valence-electron chi connectivity index (χ2n) is 4.85. The average Bonchev–Trinajstić information content (AvgIpc) is 2.92. The Bertz CT molecular complexity index is 544. The maximum atomic E-state index is 5.95. The Hall–Kier alpha value is -1.52. The van der Waals surface area contributed by atoms with Crippen LogP contribution in [0.3, 0.4) is 0 Å². The first-order valence-corrected chi connectivity index (χ1v) is 7.64. The predicted molar refractivity (Wildman–Crippen MR) is 86.0 cm³/mol. The summed E-state index contributed by atoms with van der Waals surface area (Å²) < 4.78 is 7.46. The number of benzene rings is 1. The summed E-state index contributed by atoms with van der Waals surface area (Å²) in [6.07, 6.45) is 2.65. The van der Waals surface area contributed by atoms with E-state index in [2.05, 4.69) is 36.4 Å². The van der Waals surface area contributed by atoms with E-state index < -0.39 is 0 Å². The van der Waals surface area contributed by atoms with Crippen molar-refractivity contribution in [1.82, 2.24) is 15.1 Å². The molecule has 0 aliphatic rings. The summed E-state index contributed by atoms with van der Waals surface area (Å²) in [4.78, 5) is 0. The van der Waals surface area contributed by atoms with Gasteiger partial charge in [0, 0.05) is 11.6 Å². The van der Waals surface area contributed by atoms with Crippen LogP contribution in [-0.2, 0) is 13.0 Å². The quantitative estimate of drug-likeness (QED) is 0.851. The van der Waals surface area contributed by atoms with Crippen LogP contribution in [0.4, 0.5) is 0 Å². The van der Waals surface area contributed by atoms with Crippen molar-refractivity contribution >= 4 is 11.6 Å². The molecule has 2 rings (SSSR count). The van der Waals surface area contributed by atoms with Crippen LogP contribution in [0, 0.1) is 0 Å². The highest BCUT2D eigenvalue weighted by Crippen LogP contribution is 2.28. The number of aromatic nitrogens is 2. The third kappa shape index (κ3) is 3.77. The molecule has 1 heterocycles. The molecule has 1 N–H and O–H groups in total. The van der Waals surface area contributed by atoms with Crippen LogP contribution >= 0.6 is 11.6 Å². The monoisotopic (exact) mass is 307 g/mol. The van der Waals surface area contributed by atoms with Gasteiger partial charge in [-0.2, -0.15) is 5.10 Å². The minimum atomic E-state index is 0.161. The van der Waals surface area contributed by atoms with Crippen molar-refractivity contribution < 1.29 is 4.74 Å². The first-order valence-electron chi connectivity index (χ1n) is 7.27. The lowest BCUT2D eigenvalue weighted by molar-refractivity contribution is 0.391. The zero-order valence-corrected chi connectivity index (χ0v) is 13.5. The Kier molecular flexibility index (Phi) is 5.65. The predicted octanol–water partition coefficient (Wildman–Crippen LogP) is 3.46. The van der Waals surface area contributed by atoms with Crippen LogP contribution in [0.15, 0.2) is 30.5 Å². The molecule has 0 fully saturated rings. The van der Waals surface area contributed by atoms with Crippen LogP contribution < -0.4 is 10.1 Å². The molecule has 0 aliphatic heterocycles. The number of likely N-dealkylation sites (N-methyl/N-ethyl adjacent to an activating group) is 1. The Morgan fingerprint density at radius 2 is 2.00 bits per heavy atom. The van der Waals surface area contributed by atoms with Gasteiger partial charge in [0.2, 0.25) is 0 Å². The van der Waals surface area contributed by atoms with Gasteiger partial charge in [0.15, 0.2) is 5.75 Å². The van der Waals surface area contributed by atoms with Crippen LogP contribution in [0.25, 0.3) is 0 Å². The summed E-state index contributed by atoms with van der Waals surface area (Å²) in [5.74, 6) is 0.830. The number of nitrogens with one attached hydrogen (secondary N) is 1. The lowest BCUT2D eigenvalue weighted by atomic mass is 10.0. The number of rotatable bonds is 7. The van der Waals surface area contributed by atoms with Crippen LogP contribution in [0.2, 0.25) is 5.02 Å². The first kappa shape index (κ1) is 15.9. The third-order valence-corrected chi connectivity index (χ3v) is 3.75. The normalized spacial score (nSPS) is 12.4. The molecule has 0 amide bonds. The van der Waals surface area contributed by atoms with E-state index in [4.69, 9.17) is 16.3 Å². The highest BCUT2D eigenvalue weighted by atomic mass is 35.5. The van der Waals surface area contributed by atoms with Gasteiger partial charge in [-0.1, -0.05) is 30.7 Å². The Labute approximate surface area is 131 Å². The second-order valence-corrected chi connectivity index (χ2v) is 5.29. The maximum absolute atomic E-state index is 5.95. The highest BCUT2D eigenvalue weighted by Gasteiger charge is 2.21. The fraction of sp³-hybridized carbons (Fsp3) is 0.438. The number of hydrogen-bond donors (Lipinski definition) is 1. The van der Waals surface area contributed by atoms with Crippen molar-refractivity contribution in [3.8, 4) is 5.75 Å². The molecule has 5 heteroatoms. The molecule has 1 aromatic carbocycles. The molecular weight excluding hydrogens is 286 g/mol. The fourth-order valence-corrected chi connectivity index (χ4v) is 2.63. The Morgan fingerprint density at radius 1 is 1.29 bits per heavy atom. The molecule has 1 atom stereocenters. The van der Waals surface area contributed by atoms with E-state index in [9.17, 15) is 0 Å². The average molecular weight is 308 g/mol. The molecule has 0 spiro atoms. The van der Waals surface area contributed by atoms with E-state index in [0.29, 0.717) is 0 Å². The van der Waals surface area contributed by atoms with E-state index in [1.54, 1.807) is 13.3 Å². The number of hydrogen-bond acceptors (Lipinski definition) is 3. The lowest BCUT2D eigenvalue weighted by Gasteiger charge is -2.20. The largest absolute Gasteiger partial charge is 0.493 e. The van der Waals surface area contributed by atoms with E-state index in [1.165, 1.54) is 5.56 Å². The topological polar surface area (TPSA) is 39.1 Å². The third-order valence-electron chi connectivity index (χ3n) is 3.50. The van der Waals surface area contributed by atoms with Crippen molar-refractivity contribution in [1.29, 1.82) is 0 Å². The number of halogens is 1. The SMILES string of the molecule is CCNC(Cc1ccc(Cl)cc1)c1c(OC)cnn1CC. The Balaban J connectivity index is 2.30. The molecule has 1 aromatic heterocycles. The summed E-state index contributed by atoms with van der Waals surface area (Å²) in [7, 11) is 1.69. The van der Waals surface area contributed by atoms with Gasteiger partial charge < -0.3 is 10.1 Å². The zero-order chi connectivity index (χ0) is 15.2. The molecule has 21 heavy (non-hydrogen) atoms. The van der Waals surface area contributed by atoms with Gasteiger partial charge in [-0.25, -0.2) is 0 Å². The molecular formula is C16H22ClN3O. The number of nitrogens with zero attached hydrogens (tertiary/aromatic N) is 2. The van der Waals surface area contributed by atoms with Crippen LogP contribution in [0.5, 0.6) is 5.75 Å². The van der Waals surface area contributed by atoms with Crippen LogP contribution in [0.1, 0.15) is 31.1 Å². The van der Waals surface area contributed by atoms with Gasteiger partial charge in [0.1, 0.15) is 0 Å². The van der Waals surface area contributed by atoms with Gasteiger partial charge in [-0.05, 0) is 37.6 Å². The first-order chi connectivity index (χ1) is 10.2. The highest BCUT2D eigenvalue weighted by molar-refractivity contribution is 6.30. The van der Waals surface area contributed by atoms with Gasteiger partial charge in [-0.3, -0.25) is 4.68 Å². The molecule has 4 nitrogen and oxygen atoms in total. The van der Waals surface area contributed by atoms with Gasteiger partial charge in [0.05, 0.1) is 25.0 Å². The molecule has 1 unspecified atom stereocenters. The van der Waals surface area contributed by atoms with Crippen molar-refractivity contribution in [3.05, 3.63) is 46.7 Å². The zero-order valence-electron chi connectivity index (χ0n) is 12.8.